The first-order chi connectivity index (χ1) is 9.76. The van der Waals surface area contributed by atoms with Crippen molar-refractivity contribution in [3.63, 3.8) is 0 Å². The predicted molar refractivity (Wildman–Crippen MR) is 80.3 cm³/mol. The fourth-order valence-electron chi connectivity index (χ4n) is 1.90. The van der Waals surface area contributed by atoms with Crippen molar-refractivity contribution in [1.29, 1.82) is 0 Å². The lowest BCUT2D eigenvalue weighted by atomic mass is 10.1. The van der Waals surface area contributed by atoms with Crippen LogP contribution in [-0.2, 0) is 10.0 Å². The molecule has 120 valence electrons. The Labute approximate surface area is 126 Å². The molecular formula is C14H23NO5S. The molecule has 0 fully saturated rings. The summed E-state index contributed by atoms with van der Waals surface area (Å²) in [5.74, 6) is 0.787. The fraction of sp³-hybridized carbons (Fsp3) is 0.571. The molecule has 1 rings (SSSR count). The van der Waals surface area contributed by atoms with Crippen LogP contribution in [0.4, 0.5) is 0 Å². The van der Waals surface area contributed by atoms with Crippen molar-refractivity contribution in [2.45, 2.75) is 31.7 Å². The van der Waals surface area contributed by atoms with Gasteiger partial charge in [-0.15, -0.1) is 0 Å². The standard InChI is InChI=1S/C14H23NO5S/c1-9(2)11(8-16)15-21(17,18)14-7-13(20-5)12(19-4)6-10(14)3/h6-7,9,11,15-16H,8H2,1-5H3. The van der Waals surface area contributed by atoms with Crippen molar-refractivity contribution in [1.82, 2.24) is 4.72 Å². The van der Waals surface area contributed by atoms with Crippen LogP contribution < -0.4 is 14.2 Å². The first-order valence-corrected chi connectivity index (χ1v) is 8.11. The molecule has 1 atom stereocenters. The number of aliphatic hydroxyl groups is 1. The van der Waals surface area contributed by atoms with E-state index in [1.54, 1.807) is 13.0 Å². The Morgan fingerprint density at radius 1 is 1.19 bits per heavy atom. The number of sulfonamides is 1. The zero-order valence-corrected chi connectivity index (χ0v) is 13.8. The summed E-state index contributed by atoms with van der Waals surface area (Å²) in [6.45, 7) is 5.10. The van der Waals surface area contributed by atoms with Crippen molar-refractivity contribution in [3.05, 3.63) is 17.7 Å². The number of rotatable bonds is 7. The van der Waals surface area contributed by atoms with Crippen molar-refractivity contribution in [2.24, 2.45) is 5.92 Å². The lowest BCUT2D eigenvalue weighted by Gasteiger charge is -2.21. The molecule has 0 radical (unpaired) electrons. The highest BCUT2D eigenvalue weighted by Crippen LogP contribution is 2.32. The molecule has 0 heterocycles. The second-order valence-corrected chi connectivity index (χ2v) is 6.81. The number of benzene rings is 1. The fourth-order valence-corrected chi connectivity index (χ4v) is 3.52. The summed E-state index contributed by atoms with van der Waals surface area (Å²) in [5.41, 5.74) is 0.542. The van der Waals surface area contributed by atoms with Gasteiger partial charge in [0, 0.05) is 12.1 Å². The van der Waals surface area contributed by atoms with Crippen LogP contribution in [0.3, 0.4) is 0 Å². The van der Waals surface area contributed by atoms with Crippen LogP contribution in [-0.4, -0.2) is 40.4 Å². The summed E-state index contributed by atoms with van der Waals surface area (Å²) in [4.78, 5) is 0.110. The number of hydrogen-bond donors (Lipinski definition) is 2. The van der Waals surface area contributed by atoms with Gasteiger partial charge < -0.3 is 14.6 Å². The quantitative estimate of drug-likeness (QED) is 0.792. The number of hydrogen-bond acceptors (Lipinski definition) is 5. The average Bonchev–Trinajstić information content (AvgIpc) is 2.43. The Morgan fingerprint density at radius 2 is 1.71 bits per heavy atom. The molecular weight excluding hydrogens is 294 g/mol. The largest absolute Gasteiger partial charge is 0.493 e. The van der Waals surface area contributed by atoms with E-state index in [2.05, 4.69) is 4.72 Å². The molecule has 0 saturated heterocycles. The summed E-state index contributed by atoms with van der Waals surface area (Å²) >= 11 is 0. The van der Waals surface area contributed by atoms with Gasteiger partial charge in [0.25, 0.3) is 0 Å². The average molecular weight is 317 g/mol. The molecule has 21 heavy (non-hydrogen) atoms. The summed E-state index contributed by atoms with van der Waals surface area (Å²) in [6.07, 6.45) is 0. The van der Waals surface area contributed by atoms with Gasteiger partial charge in [0.15, 0.2) is 11.5 Å². The molecule has 7 heteroatoms. The highest BCUT2D eigenvalue weighted by Gasteiger charge is 2.25. The minimum Gasteiger partial charge on any atom is -0.493 e. The second kappa shape index (κ2) is 7.11. The molecule has 0 bridgehead atoms. The van der Waals surface area contributed by atoms with E-state index in [-0.39, 0.29) is 17.4 Å². The van der Waals surface area contributed by atoms with Gasteiger partial charge in [-0.2, -0.15) is 0 Å². The van der Waals surface area contributed by atoms with Gasteiger partial charge in [-0.25, -0.2) is 13.1 Å². The van der Waals surface area contributed by atoms with Gasteiger partial charge in [-0.3, -0.25) is 0 Å². The van der Waals surface area contributed by atoms with Gasteiger partial charge in [-0.1, -0.05) is 13.8 Å². The van der Waals surface area contributed by atoms with Crippen LogP contribution in [0.15, 0.2) is 17.0 Å². The number of methoxy groups -OCH3 is 2. The molecule has 0 aliphatic carbocycles. The minimum absolute atomic E-state index is 0.0229. The van der Waals surface area contributed by atoms with E-state index >= 15 is 0 Å². The highest BCUT2D eigenvalue weighted by molar-refractivity contribution is 7.89. The highest BCUT2D eigenvalue weighted by atomic mass is 32.2. The Kier molecular flexibility index (Phi) is 6.00. The first-order valence-electron chi connectivity index (χ1n) is 6.62. The van der Waals surface area contributed by atoms with Crippen molar-refractivity contribution in [2.75, 3.05) is 20.8 Å². The van der Waals surface area contributed by atoms with Crippen LogP contribution >= 0.6 is 0 Å². The summed E-state index contributed by atoms with van der Waals surface area (Å²) in [7, 11) is -0.814. The van der Waals surface area contributed by atoms with Crippen LogP contribution in [0.5, 0.6) is 11.5 Å². The van der Waals surface area contributed by atoms with E-state index in [0.717, 1.165) is 0 Å². The zero-order valence-electron chi connectivity index (χ0n) is 13.0. The molecule has 0 amide bonds. The van der Waals surface area contributed by atoms with E-state index in [9.17, 15) is 13.5 Å². The number of nitrogens with one attached hydrogen (secondary N) is 1. The maximum atomic E-state index is 12.5. The van der Waals surface area contributed by atoms with Crippen LogP contribution in [0.25, 0.3) is 0 Å². The van der Waals surface area contributed by atoms with Gasteiger partial charge in [0.1, 0.15) is 0 Å². The van der Waals surface area contributed by atoms with E-state index in [0.29, 0.717) is 17.1 Å². The number of ether oxygens (including phenoxy) is 2. The third-order valence-corrected chi connectivity index (χ3v) is 4.91. The van der Waals surface area contributed by atoms with E-state index < -0.39 is 16.1 Å². The molecule has 0 saturated carbocycles. The Bertz CT molecular complexity index is 583. The normalized spacial score (nSPS) is 13.3. The third kappa shape index (κ3) is 4.09. The number of aliphatic hydroxyl groups excluding tert-OH is 1. The SMILES string of the molecule is COc1cc(C)c(S(=O)(=O)NC(CO)C(C)C)cc1OC. The topological polar surface area (TPSA) is 84.9 Å². The van der Waals surface area contributed by atoms with Crippen LogP contribution in [0.2, 0.25) is 0 Å². The van der Waals surface area contributed by atoms with Crippen molar-refractivity contribution in [3.8, 4) is 11.5 Å². The summed E-state index contributed by atoms with van der Waals surface area (Å²) in [5, 5.41) is 9.29. The molecule has 0 spiro atoms. The lowest BCUT2D eigenvalue weighted by molar-refractivity contribution is 0.227. The molecule has 2 N–H and O–H groups in total. The number of aryl methyl sites for hydroxylation is 1. The molecule has 1 unspecified atom stereocenters. The summed E-state index contributed by atoms with van der Waals surface area (Å²) < 4.78 is 37.8. The zero-order chi connectivity index (χ0) is 16.2. The van der Waals surface area contributed by atoms with Crippen LogP contribution in [0.1, 0.15) is 19.4 Å². The van der Waals surface area contributed by atoms with E-state index in [4.69, 9.17) is 9.47 Å². The second-order valence-electron chi connectivity index (χ2n) is 5.13. The lowest BCUT2D eigenvalue weighted by Crippen LogP contribution is -2.41. The maximum absolute atomic E-state index is 12.5. The Balaban J connectivity index is 3.25. The monoisotopic (exact) mass is 317 g/mol. The van der Waals surface area contributed by atoms with Gasteiger partial charge in [0.2, 0.25) is 10.0 Å². The van der Waals surface area contributed by atoms with Gasteiger partial charge in [-0.05, 0) is 24.5 Å². The predicted octanol–water partition coefficient (Wildman–Crippen LogP) is 1.31. The smallest absolute Gasteiger partial charge is 0.241 e. The maximum Gasteiger partial charge on any atom is 0.241 e. The van der Waals surface area contributed by atoms with Crippen molar-refractivity contribution < 1.29 is 23.0 Å². The third-order valence-electron chi connectivity index (χ3n) is 3.28. The van der Waals surface area contributed by atoms with Crippen molar-refractivity contribution >= 4 is 10.0 Å². The van der Waals surface area contributed by atoms with E-state index in [1.165, 1.54) is 20.3 Å². The molecule has 1 aromatic rings. The van der Waals surface area contributed by atoms with Crippen LogP contribution in [0, 0.1) is 12.8 Å². The molecule has 0 aliphatic rings. The van der Waals surface area contributed by atoms with E-state index in [1.807, 2.05) is 13.8 Å². The molecule has 0 aromatic heterocycles. The van der Waals surface area contributed by atoms with Gasteiger partial charge >= 0.3 is 0 Å². The van der Waals surface area contributed by atoms with Gasteiger partial charge in [0.05, 0.1) is 25.7 Å². The first kappa shape index (κ1) is 17.7. The molecule has 1 aromatic carbocycles. The molecule has 6 nitrogen and oxygen atoms in total. The Morgan fingerprint density at radius 3 is 2.14 bits per heavy atom. The minimum atomic E-state index is -3.75. The molecule has 0 aliphatic heterocycles. The summed E-state index contributed by atoms with van der Waals surface area (Å²) in [6, 6.07) is 2.49. The Hall–Kier alpha value is -1.31.